The summed E-state index contributed by atoms with van der Waals surface area (Å²) in [4.78, 5) is 31.6. The number of aryl methyl sites for hydroxylation is 1. The van der Waals surface area contributed by atoms with E-state index >= 15 is 0 Å². The summed E-state index contributed by atoms with van der Waals surface area (Å²) in [5.74, 6) is -0.496. The molecule has 5 nitrogen and oxygen atoms in total. The van der Waals surface area contributed by atoms with Gasteiger partial charge in [0.1, 0.15) is 0 Å². The number of rotatable bonds is 1. The van der Waals surface area contributed by atoms with Crippen LogP contribution in [0.2, 0.25) is 5.02 Å². The van der Waals surface area contributed by atoms with Crippen LogP contribution in [-0.2, 0) is 9.59 Å². The third-order valence-electron chi connectivity index (χ3n) is 4.21. The van der Waals surface area contributed by atoms with Crippen LogP contribution >= 0.6 is 23.4 Å². The Morgan fingerprint density at radius 3 is 2.58 bits per heavy atom. The summed E-state index contributed by atoms with van der Waals surface area (Å²) in [6.45, 7) is 1.96. The molecule has 2 amide bonds. The van der Waals surface area contributed by atoms with E-state index in [1.807, 2.05) is 25.1 Å². The van der Waals surface area contributed by atoms with Crippen LogP contribution in [0.5, 0.6) is 0 Å². The fraction of sp³-hybridized carbons (Fsp3) is 0.105. The number of nitrogens with one attached hydrogen (secondary N) is 1. The van der Waals surface area contributed by atoms with Crippen molar-refractivity contribution in [1.29, 1.82) is 0 Å². The zero-order valence-corrected chi connectivity index (χ0v) is 15.6. The van der Waals surface area contributed by atoms with Gasteiger partial charge in [0.25, 0.3) is 11.8 Å². The molecular formula is C19H14ClN3O2S. The number of fused-ring (bicyclic) bond motifs is 1. The number of amidine groups is 1. The molecule has 0 spiro atoms. The fourth-order valence-corrected chi connectivity index (χ4v) is 3.98. The van der Waals surface area contributed by atoms with Crippen molar-refractivity contribution < 1.29 is 9.59 Å². The topological polar surface area (TPSA) is 61.8 Å². The van der Waals surface area contributed by atoms with Crippen molar-refractivity contribution >= 4 is 57.3 Å². The molecule has 7 heteroatoms. The highest BCUT2D eigenvalue weighted by Crippen LogP contribution is 2.42. The minimum Gasteiger partial charge on any atom is -0.311 e. The van der Waals surface area contributed by atoms with E-state index < -0.39 is 0 Å². The van der Waals surface area contributed by atoms with Crippen molar-refractivity contribution in [2.24, 2.45) is 4.99 Å². The molecule has 2 aliphatic rings. The van der Waals surface area contributed by atoms with Crippen LogP contribution in [-0.4, -0.2) is 24.0 Å². The van der Waals surface area contributed by atoms with Gasteiger partial charge < -0.3 is 10.2 Å². The van der Waals surface area contributed by atoms with E-state index in [0.717, 1.165) is 16.8 Å². The second-order valence-corrected chi connectivity index (χ2v) is 7.47. The van der Waals surface area contributed by atoms with Crippen LogP contribution in [0.1, 0.15) is 11.1 Å². The molecule has 0 atom stereocenters. The molecule has 4 rings (SSSR count). The van der Waals surface area contributed by atoms with Gasteiger partial charge in [0.05, 0.1) is 21.9 Å². The molecule has 1 saturated heterocycles. The molecule has 1 N–H and O–H groups in total. The molecule has 26 heavy (non-hydrogen) atoms. The summed E-state index contributed by atoms with van der Waals surface area (Å²) in [6.07, 6.45) is 0. The van der Waals surface area contributed by atoms with Gasteiger partial charge in [-0.25, -0.2) is 4.99 Å². The number of halogens is 1. The third kappa shape index (κ3) is 2.81. The van der Waals surface area contributed by atoms with Crippen LogP contribution in [0.4, 0.5) is 11.4 Å². The van der Waals surface area contributed by atoms with Gasteiger partial charge in [0.15, 0.2) is 5.17 Å². The molecule has 130 valence electrons. The SMILES string of the molecule is Cc1ccc2c(c1)/C(=C1/SC(=Nc3ccc(Cl)cc3)NC1=O)C(=O)N2C. The molecule has 2 aliphatic heterocycles. The van der Waals surface area contributed by atoms with Crippen molar-refractivity contribution in [3.8, 4) is 0 Å². The smallest absolute Gasteiger partial charge is 0.264 e. The molecule has 0 aromatic heterocycles. The predicted molar refractivity (Wildman–Crippen MR) is 106 cm³/mol. The Balaban J connectivity index is 1.76. The van der Waals surface area contributed by atoms with Gasteiger partial charge in [0, 0.05) is 17.6 Å². The van der Waals surface area contributed by atoms with Gasteiger partial charge in [-0.3, -0.25) is 9.59 Å². The molecule has 0 bridgehead atoms. The highest BCUT2D eigenvalue weighted by molar-refractivity contribution is 8.18. The summed E-state index contributed by atoms with van der Waals surface area (Å²) in [5.41, 5.74) is 3.72. The maximum Gasteiger partial charge on any atom is 0.264 e. The van der Waals surface area contributed by atoms with E-state index in [4.69, 9.17) is 11.6 Å². The number of aliphatic imine (C=N–C) groups is 1. The Morgan fingerprint density at radius 1 is 1.12 bits per heavy atom. The maximum atomic E-state index is 12.7. The van der Waals surface area contributed by atoms with E-state index in [-0.39, 0.29) is 11.8 Å². The Bertz CT molecular complexity index is 1010. The van der Waals surface area contributed by atoms with E-state index in [2.05, 4.69) is 10.3 Å². The monoisotopic (exact) mass is 383 g/mol. The summed E-state index contributed by atoms with van der Waals surface area (Å²) in [6, 6.07) is 12.8. The number of amides is 2. The molecule has 0 unspecified atom stereocenters. The minimum atomic E-state index is -0.311. The number of nitrogens with zero attached hydrogens (tertiary/aromatic N) is 2. The number of likely N-dealkylation sites (N-methyl/N-ethyl adjacent to an activating group) is 1. The number of carbonyl (C=O) groups excluding carboxylic acids is 2. The Labute approximate surface area is 159 Å². The normalized spacial score (nSPS) is 20.7. The van der Waals surface area contributed by atoms with Gasteiger partial charge >= 0.3 is 0 Å². The second kappa shape index (κ2) is 6.30. The van der Waals surface area contributed by atoms with Gasteiger partial charge in [-0.15, -0.1) is 0 Å². The van der Waals surface area contributed by atoms with Crippen LogP contribution in [0.25, 0.3) is 5.57 Å². The fourth-order valence-electron chi connectivity index (χ4n) is 2.92. The largest absolute Gasteiger partial charge is 0.311 e. The first-order chi connectivity index (χ1) is 12.4. The quantitative estimate of drug-likeness (QED) is 0.760. The molecule has 1 fully saturated rings. The first kappa shape index (κ1) is 16.9. The van der Waals surface area contributed by atoms with Crippen molar-refractivity contribution in [3.63, 3.8) is 0 Å². The number of hydrogen-bond donors (Lipinski definition) is 1. The minimum absolute atomic E-state index is 0.184. The summed E-state index contributed by atoms with van der Waals surface area (Å²) >= 11 is 7.06. The first-order valence-corrected chi connectivity index (χ1v) is 9.10. The van der Waals surface area contributed by atoms with Gasteiger partial charge in [-0.05, 0) is 55.1 Å². The highest BCUT2D eigenvalue weighted by atomic mass is 35.5. The second-order valence-electron chi connectivity index (χ2n) is 6.04. The van der Waals surface area contributed by atoms with Crippen molar-refractivity contribution in [1.82, 2.24) is 5.32 Å². The average Bonchev–Trinajstić information content (AvgIpc) is 3.07. The van der Waals surface area contributed by atoms with Crippen LogP contribution in [0, 0.1) is 6.92 Å². The molecule has 0 radical (unpaired) electrons. The number of carbonyl (C=O) groups is 2. The molecule has 2 aromatic rings. The Kier molecular flexibility index (Phi) is 4.09. The molecular weight excluding hydrogens is 370 g/mol. The van der Waals surface area contributed by atoms with Crippen molar-refractivity contribution in [2.45, 2.75) is 6.92 Å². The van der Waals surface area contributed by atoms with Crippen LogP contribution < -0.4 is 10.2 Å². The number of hydrogen-bond acceptors (Lipinski definition) is 4. The highest BCUT2D eigenvalue weighted by Gasteiger charge is 2.38. The van der Waals surface area contributed by atoms with E-state index in [9.17, 15) is 9.59 Å². The third-order valence-corrected chi connectivity index (χ3v) is 5.44. The van der Waals surface area contributed by atoms with E-state index in [1.165, 1.54) is 11.8 Å². The average molecular weight is 384 g/mol. The van der Waals surface area contributed by atoms with Crippen LogP contribution in [0.15, 0.2) is 52.4 Å². The zero-order chi connectivity index (χ0) is 18.4. The maximum absolute atomic E-state index is 12.7. The predicted octanol–water partition coefficient (Wildman–Crippen LogP) is 3.89. The van der Waals surface area contributed by atoms with Crippen LogP contribution in [0.3, 0.4) is 0 Å². The lowest BCUT2D eigenvalue weighted by molar-refractivity contribution is -0.116. The zero-order valence-electron chi connectivity index (χ0n) is 14.0. The first-order valence-electron chi connectivity index (χ1n) is 7.91. The molecule has 2 aromatic carbocycles. The number of thioether (sulfide) groups is 1. The lowest BCUT2D eigenvalue weighted by Gasteiger charge is -2.08. The molecule has 0 saturated carbocycles. The van der Waals surface area contributed by atoms with Gasteiger partial charge in [-0.2, -0.15) is 0 Å². The van der Waals surface area contributed by atoms with Crippen molar-refractivity contribution in [2.75, 3.05) is 11.9 Å². The van der Waals surface area contributed by atoms with Gasteiger partial charge in [-0.1, -0.05) is 23.2 Å². The van der Waals surface area contributed by atoms with Crippen molar-refractivity contribution in [3.05, 3.63) is 63.5 Å². The molecule has 0 aliphatic carbocycles. The van der Waals surface area contributed by atoms with Gasteiger partial charge in [0.2, 0.25) is 0 Å². The number of anilines is 1. The number of benzene rings is 2. The summed E-state index contributed by atoms with van der Waals surface area (Å²) < 4.78 is 0. The lowest BCUT2D eigenvalue weighted by atomic mass is 10.0. The summed E-state index contributed by atoms with van der Waals surface area (Å²) in [7, 11) is 1.71. The Hall–Kier alpha value is -2.57. The summed E-state index contributed by atoms with van der Waals surface area (Å²) in [5, 5.41) is 3.80. The Morgan fingerprint density at radius 2 is 1.85 bits per heavy atom. The van der Waals surface area contributed by atoms with E-state index in [1.54, 1.807) is 36.2 Å². The standard InChI is InChI=1S/C19H14ClN3O2S/c1-10-3-8-14-13(9-10)15(18(25)23(14)2)16-17(24)22-19(26-16)21-12-6-4-11(20)5-7-12/h3-9H,1-2H3,(H,21,22,24)/b16-15-. The molecule has 2 heterocycles. The van der Waals surface area contributed by atoms with E-state index in [0.29, 0.717) is 26.4 Å². The lowest BCUT2D eigenvalue weighted by Crippen LogP contribution is -2.23.